The molecular weight excluding hydrogens is 234 g/mol. The SMILES string of the molecule is Nc1nc(-c2cccc(-n3cncn3)c2)cs1. The molecule has 84 valence electrons. The Bertz CT molecular complexity index is 629. The van der Waals surface area contributed by atoms with Crippen LogP contribution in [-0.2, 0) is 0 Å². The van der Waals surface area contributed by atoms with Gasteiger partial charge in [0.15, 0.2) is 5.13 Å². The summed E-state index contributed by atoms with van der Waals surface area (Å²) in [6, 6.07) is 7.92. The summed E-state index contributed by atoms with van der Waals surface area (Å²) in [5, 5.41) is 6.60. The lowest BCUT2D eigenvalue weighted by Gasteiger charge is -2.02. The van der Waals surface area contributed by atoms with Crippen LogP contribution in [0.15, 0.2) is 42.3 Å². The quantitative estimate of drug-likeness (QED) is 0.747. The van der Waals surface area contributed by atoms with Crippen LogP contribution in [0.25, 0.3) is 16.9 Å². The molecule has 5 nitrogen and oxygen atoms in total. The van der Waals surface area contributed by atoms with Gasteiger partial charge in [0.05, 0.1) is 11.4 Å². The summed E-state index contributed by atoms with van der Waals surface area (Å²) < 4.78 is 1.71. The van der Waals surface area contributed by atoms with Crippen LogP contribution in [0, 0.1) is 0 Å². The van der Waals surface area contributed by atoms with Gasteiger partial charge in [0.25, 0.3) is 0 Å². The van der Waals surface area contributed by atoms with E-state index in [4.69, 9.17) is 5.73 Å². The van der Waals surface area contributed by atoms with E-state index in [1.165, 1.54) is 17.7 Å². The average Bonchev–Trinajstić information content (AvgIpc) is 3.00. The fraction of sp³-hybridized carbons (Fsp3) is 0. The van der Waals surface area contributed by atoms with Gasteiger partial charge in [0.1, 0.15) is 12.7 Å². The van der Waals surface area contributed by atoms with Gasteiger partial charge in [0.2, 0.25) is 0 Å². The smallest absolute Gasteiger partial charge is 0.180 e. The molecule has 0 radical (unpaired) electrons. The second kappa shape index (κ2) is 3.99. The minimum atomic E-state index is 0.575. The third kappa shape index (κ3) is 1.90. The van der Waals surface area contributed by atoms with Crippen molar-refractivity contribution in [1.29, 1.82) is 0 Å². The second-order valence-electron chi connectivity index (χ2n) is 3.46. The van der Waals surface area contributed by atoms with Crippen molar-refractivity contribution in [2.45, 2.75) is 0 Å². The number of thiazole rings is 1. The maximum absolute atomic E-state index is 5.63. The standard InChI is InChI=1S/C11H9N5S/c12-11-15-10(5-17-11)8-2-1-3-9(4-8)16-7-13-6-14-16/h1-7H,(H2,12,15). The fourth-order valence-corrected chi connectivity index (χ4v) is 2.14. The summed E-state index contributed by atoms with van der Waals surface area (Å²) in [6.07, 6.45) is 3.17. The van der Waals surface area contributed by atoms with E-state index in [2.05, 4.69) is 15.1 Å². The van der Waals surface area contributed by atoms with E-state index < -0.39 is 0 Å². The molecule has 0 bridgehead atoms. The lowest BCUT2D eigenvalue weighted by molar-refractivity contribution is 0.879. The highest BCUT2D eigenvalue weighted by Crippen LogP contribution is 2.24. The highest BCUT2D eigenvalue weighted by Gasteiger charge is 2.04. The van der Waals surface area contributed by atoms with E-state index >= 15 is 0 Å². The predicted molar refractivity (Wildman–Crippen MR) is 66.9 cm³/mol. The molecule has 0 saturated carbocycles. The summed E-state index contributed by atoms with van der Waals surface area (Å²) in [4.78, 5) is 8.18. The molecule has 0 aliphatic heterocycles. The number of aromatic nitrogens is 4. The zero-order chi connectivity index (χ0) is 11.7. The first-order valence-corrected chi connectivity index (χ1v) is 5.87. The van der Waals surface area contributed by atoms with Crippen LogP contribution in [0.2, 0.25) is 0 Å². The molecule has 2 N–H and O–H groups in total. The van der Waals surface area contributed by atoms with Gasteiger partial charge >= 0.3 is 0 Å². The Morgan fingerprint density at radius 3 is 2.94 bits per heavy atom. The summed E-state index contributed by atoms with van der Waals surface area (Å²) in [7, 11) is 0. The Balaban J connectivity index is 2.05. The number of hydrogen-bond acceptors (Lipinski definition) is 5. The first-order valence-electron chi connectivity index (χ1n) is 4.99. The van der Waals surface area contributed by atoms with Crippen LogP contribution in [-0.4, -0.2) is 19.7 Å². The lowest BCUT2D eigenvalue weighted by atomic mass is 10.1. The molecule has 17 heavy (non-hydrogen) atoms. The number of rotatable bonds is 2. The van der Waals surface area contributed by atoms with Gasteiger partial charge in [-0.25, -0.2) is 14.6 Å². The molecule has 3 aromatic rings. The zero-order valence-corrected chi connectivity index (χ0v) is 9.63. The Hall–Kier alpha value is -2.21. The third-order valence-corrected chi connectivity index (χ3v) is 3.02. The van der Waals surface area contributed by atoms with Crippen molar-refractivity contribution in [3.05, 3.63) is 42.3 Å². The fourth-order valence-electron chi connectivity index (χ4n) is 1.57. The van der Waals surface area contributed by atoms with Crippen LogP contribution in [0.5, 0.6) is 0 Å². The number of nitrogens with zero attached hydrogens (tertiary/aromatic N) is 4. The summed E-state index contributed by atoms with van der Waals surface area (Å²) >= 11 is 1.43. The minimum absolute atomic E-state index is 0.575. The second-order valence-corrected chi connectivity index (χ2v) is 4.35. The van der Waals surface area contributed by atoms with Crippen molar-refractivity contribution < 1.29 is 0 Å². The number of hydrogen-bond donors (Lipinski definition) is 1. The Morgan fingerprint density at radius 2 is 2.24 bits per heavy atom. The maximum Gasteiger partial charge on any atom is 0.180 e. The average molecular weight is 243 g/mol. The summed E-state index contributed by atoms with van der Waals surface area (Å²) in [6.45, 7) is 0. The zero-order valence-electron chi connectivity index (χ0n) is 8.82. The molecule has 0 spiro atoms. The van der Waals surface area contributed by atoms with Crippen molar-refractivity contribution in [3.8, 4) is 16.9 Å². The van der Waals surface area contributed by atoms with Crippen LogP contribution in [0.4, 0.5) is 5.13 Å². The molecule has 0 saturated heterocycles. The molecule has 6 heteroatoms. The number of nitrogens with two attached hydrogens (primary N) is 1. The third-order valence-electron chi connectivity index (χ3n) is 2.35. The minimum Gasteiger partial charge on any atom is -0.375 e. The van der Waals surface area contributed by atoms with Crippen LogP contribution in [0.1, 0.15) is 0 Å². The van der Waals surface area contributed by atoms with Gasteiger partial charge in [-0.2, -0.15) is 5.10 Å². The first kappa shape index (κ1) is 9.98. The topological polar surface area (TPSA) is 69.6 Å². The number of benzene rings is 1. The molecule has 2 heterocycles. The highest BCUT2D eigenvalue weighted by atomic mass is 32.1. The molecule has 3 rings (SSSR count). The molecule has 1 aromatic carbocycles. The summed E-state index contributed by atoms with van der Waals surface area (Å²) in [5.41, 5.74) is 8.48. The van der Waals surface area contributed by atoms with Crippen molar-refractivity contribution in [2.24, 2.45) is 0 Å². The van der Waals surface area contributed by atoms with E-state index in [0.29, 0.717) is 5.13 Å². The van der Waals surface area contributed by atoms with Gasteiger partial charge in [-0.05, 0) is 12.1 Å². The monoisotopic (exact) mass is 243 g/mol. The number of nitrogen functional groups attached to an aromatic ring is 1. The molecule has 0 unspecified atom stereocenters. The van der Waals surface area contributed by atoms with Crippen molar-refractivity contribution in [1.82, 2.24) is 19.7 Å². The van der Waals surface area contributed by atoms with Crippen LogP contribution >= 0.6 is 11.3 Å². The van der Waals surface area contributed by atoms with E-state index in [1.54, 1.807) is 11.0 Å². The van der Waals surface area contributed by atoms with E-state index in [0.717, 1.165) is 16.9 Å². The van der Waals surface area contributed by atoms with Gasteiger partial charge in [-0.1, -0.05) is 12.1 Å². The van der Waals surface area contributed by atoms with E-state index in [-0.39, 0.29) is 0 Å². The largest absolute Gasteiger partial charge is 0.375 e. The molecule has 2 aromatic heterocycles. The van der Waals surface area contributed by atoms with Crippen molar-refractivity contribution in [3.63, 3.8) is 0 Å². The van der Waals surface area contributed by atoms with Gasteiger partial charge in [0, 0.05) is 10.9 Å². The number of anilines is 1. The van der Waals surface area contributed by atoms with Gasteiger partial charge in [-0.15, -0.1) is 11.3 Å². The summed E-state index contributed by atoms with van der Waals surface area (Å²) in [5.74, 6) is 0. The Labute approximate surface area is 102 Å². The molecule has 0 amide bonds. The molecule has 0 aliphatic carbocycles. The molecule has 0 fully saturated rings. The van der Waals surface area contributed by atoms with Crippen molar-refractivity contribution in [2.75, 3.05) is 5.73 Å². The normalized spacial score (nSPS) is 10.6. The first-order chi connectivity index (χ1) is 8.33. The predicted octanol–water partition coefficient (Wildman–Crippen LogP) is 1.97. The van der Waals surface area contributed by atoms with E-state index in [9.17, 15) is 0 Å². The maximum atomic E-state index is 5.63. The molecular formula is C11H9N5S. The van der Waals surface area contributed by atoms with E-state index in [1.807, 2.05) is 29.6 Å². The van der Waals surface area contributed by atoms with Gasteiger partial charge in [-0.3, -0.25) is 0 Å². The lowest BCUT2D eigenvalue weighted by Crippen LogP contribution is -1.94. The molecule has 0 aliphatic rings. The van der Waals surface area contributed by atoms with Crippen molar-refractivity contribution >= 4 is 16.5 Å². The Kier molecular flexibility index (Phi) is 2.34. The molecule has 0 atom stereocenters. The van der Waals surface area contributed by atoms with Crippen LogP contribution < -0.4 is 5.73 Å². The highest BCUT2D eigenvalue weighted by molar-refractivity contribution is 7.13. The van der Waals surface area contributed by atoms with Gasteiger partial charge < -0.3 is 5.73 Å². The van der Waals surface area contributed by atoms with Crippen LogP contribution in [0.3, 0.4) is 0 Å². The Morgan fingerprint density at radius 1 is 1.29 bits per heavy atom.